The molecular formula is C17H18FNO2S. The lowest BCUT2D eigenvalue weighted by atomic mass is 10.1. The van der Waals surface area contributed by atoms with Crippen LogP contribution in [0.5, 0.6) is 0 Å². The molecule has 0 spiro atoms. The standard InChI is InChI=1S/C17H18FNO2S/c1-19(11-13-6-8-16(18)9-7-13)17(20)15-5-3-4-14(10-15)12-22(2)21/h3-10H,11-12H2,1-2H3. The summed E-state index contributed by atoms with van der Waals surface area (Å²) in [6.07, 6.45) is 1.63. The number of nitrogens with zero attached hydrogens (tertiary/aromatic N) is 1. The monoisotopic (exact) mass is 319 g/mol. The first kappa shape index (κ1) is 16.4. The largest absolute Gasteiger partial charge is 0.337 e. The predicted octanol–water partition coefficient (Wildman–Crippen LogP) is 2.98. The Labute approximate surface area is 132 Å². The number of benzene rings is 2. The fourth-order valence-electron chi connectivity index (χ4n) is 2.18. The lowest BCUT2D eigenvalue weighted by molar-refractivity contribution is 0.0785. The van der Waals surface area contributed by atoms with E-state index < -0.39 is 10.8 Å². The van der Waals surface area contributed by atoms with Crippen molar-refractivity contribution in [3.63, 3.8) is 0 Å². The van der Waals surface area contributed by atoms with Crippen LogP contribution in [0.25, 0.3) is 0 Å². The molecule has 2 rings (SSSR count). The Morgan fingerprint density at radius 1 is 1.14 bits per heavy atom. The third kappa shape index (κ3) is 4.49. The number of hydrogen-bond donors (Lipinski definition) is 0. The van der Waals surface area contributed by atoms with E-state index in [9.17, 15) is 13.4 Å². The molecule has 1 atom stereocenters. The van der Waals surface area contributed by atoms with E-state index in [-0.39, 0.29) is 11.7 Å². The van der Waals surface area contributed by atoms with Crippen molar-refractivity contribution in [3.8, 4) is 0 Å². The van der Waals surface area contributed by atoms with Gasteiger partial charge in [0.05, 0.1) is 0 Å². The van der Waals surface area contributed by atoms with E-state index in [2.05, 4.69) is 0 Å². The molecule has 0 heterocycles. The molecule has 0 radical (unpaired) electrons. The molecule has 22 heavy (non-hydrogen) atoms. The van der Waals surface area contributed by atoms with E-state index in [4.69, 9.17) is 0 Å². The van der Waals surface area contributed by atoms with Crippen molar-refractivity contribution in [2.45, 2.75) is 12.3 Å². The minimum Gasteiger partial charge on any atom is -0.337 e. The van der Waals surface area contributed by atoms with Crippen LogP contribution in [0, 0.1) is 5.82 Å². The quantitative estimate of drug-likeness (QED) is 0.849. The Morgan fingerprint density at radius 3 is 2.45 bits per heavy atom. The Bertz CT molecular complexity index is 685. The van der Waals surface area contributed by atoms with Crippen LogP contribution < -0.4 is 0 Å². The number of halogens is 1. The summed E-state index contributed by atoms with van der Waals surface area (Å²) in [6, 6.07) is 13.2. The molecule has 0 N–H and O–H groups in total. The van der Waals surface area contributed by atoms with Crippen molar-refractivity contribution in [1.82, 2.24) is 4.90 Å². The molecule has 0 saturated carbocycles. The van der Waals surface area contributed by atoms with Gasteiger partial charge in [0.15, 0.2) is 0 Å². The fourth-order valence-corrected chi connectivity index (χ4v) is 2.83. The van der Waals surface area contributed by atoms with Crippen LogP contribution in [0.4, 0.5) is 4.39 Å². The summed E-state index contributed by atoms with van der Waals surface area (Å²) >= 11 is 0. The maximum atomic E-state index is 12.9. The highest BCUT2D eigenvalue weighted by molar-refractivity contribution is 7.83. The third-order valence-corrected chi connectivity index (χ3v) is 3.96. The summed E-state index contributed by atoms with van der Waals surface area (Å²) in [7, 11) is 0.762. The minimum absolute atomic E-state index is 0.118. The molecule has 0 aliphatic heterocycles. The predicted molar refractivity (Wildman–Crippen MR) is 86.4 cm³/mol. The molecule has 0 saturated heterocycles. The maximum Gasteiger partial charge on any atom is 0.253 e. The third-order valence-electron chi connectivity index (χ3n) is 3.22. The summed E-state index contributed by atoms with van der Waals surface area (Å²) < 4.78 is 24.2. The van der Waals surface area contributed by atoms with Crippen LogP contribution in [0.1, 0.15) is 21.5 Å². The summed E-state index contributed by atoms with van der Waals surface area (Å²) in [5.74, 6) is 0.0223. The minimum atomic E-state index is -0.943. The van der Waals surface area contributed by atoms with Crippen molar-refractivity contribution in [2.24, 2.45) is 0 Å². The zero-order chi connectivity index (χ0) is 16.1. The molecular weight excluding hydrogens is 301 g/mol. The number of rotatable bonds is 5. The Morgan fingerprint density at radius 2 is 1.82 bits per heavy atom. The Hall–Kier alpha value is -2.01. The van der Waals surface area contributed by atoms with Crippen molar-refractivity contribution < 1.29 is 13.4 Å². The summed E-state index contributed by atoms with van der Waals surface area (Å²) in [5.41, 5.74) is 2.30. The van der Waals surface area contributed by atoms with Gasteiger partial charge in [-0.05, 0) is 35.4 Å². The van der Waals surface area contributed by atoms with Gasteiger partial charge >= 0.3 is 0 Å². The molecule has 5 heteroatoms. The lowest BCUT2D eigenvalue weighted by Crippen LogP contribution is -2.26. The normalized spacial score (nSPS) is 12.0. The first-order chi connectivity index (χ1) is 10.5. The number of amides is 1. The second-order valence-corrected chi connectivity index (χ2v) is 6.64. The van der Waals surface area contributed by atoms with E-state index in [1.54, 1.807) is 48.5 Å². The average molecular weight is 319 g/mol. The second kappa shape index (κ2) is 7.31. The van der Waals surface area contributed by atoms with Gasteiger partial charge in [-0.15, -0.1) is 0 Å². The van der Waals surface area contributed by atoms with Gasteiger partial charge in [-0.25, -0.2) is 4.39 Å². The van der Waals surface area contributed by atoms with Gasteiger partial charge < -0.3 is 4.90 Å². The first-order valence-corrected chi connectivity index (χ1v) is 8.57. The van der Waals surface area contributed by atoms with Gasteiger partial charge in [-0.2, -0.15) is 0 Å². The van der Waals surface area contributed by atoms with Crippen LogP contribution in [0.2, 0.25) is 0 Å². The van der Waals surface area contributed by atoms with Crippen molar-refractivity contribution in [1.29, 1.82) is 0 Å². The van der Waals surface area contributed by atoms with E-state index in [1.165, 1.54) is 12.1 Å². The Kier molecular flexibility index (Phi) is 5.44. The van der Waals surface area contributed by atoms with Crippen molar-refractivity contribution >= 4 is 16.7 Å². The van der Waals surface area contributed by atoms with Crippen LogP contribution in [0.15, 0.2) is 48.5 Å². The molecule has 0 bridgehead atoms. The molecule has 3 nitrogen and oxygen atoms in total. The van der Waals surface area contributed by atoms with E-state index in [0.717, 1.165) is 11.1 Å². The second-order valence-electron chi connectivity index (χ2n) is 5.21. The first-order valence-electron chi connectivity index (χ1n) is 6.84. The zero-order valence-corrected chi connectivity index (χ0v) is 13.4. The smallest absolute Gasteiger partial charge is 0.253 e. The maximum absolute atomic E-state index is 12.9. The van der Waals surface area contributed by atoms with Crippen LogP contribution >= 0.6 is 0 Å². The van der Waals surface area contributed by atoms with Crippen molar-refractivity contribution in [3.05, 3.63) is 71.0 Å². The number of hydrogen-bond acceptors (Lipinski definition) is 2. The summed E-state index contributed by atoms with van der Waals surface area (Å²) in [5, 5.41) is 0. The van der Waals surface area contributed by atoms with Crippen LogP contribution in [-0.2, 0) is 23.1 Å². The van der Waals surface area contributed by atoms with Gasteiger partial charge in [0.1, 0.15) is 5.82 Å². The van der Waals surface area contributed by atoms with Gasteiger partial charge in [-0.3, -0.25) is 9.00 Å². The van der Waals surface area contributed by atoms with E-state index in [1.807, 2.05) is 6.07 Å². The molecule has 2 aromatic carbocycles. The highest BCUT2D eigenvalue weighted by Gasteiger charge is 2.12. The molecule has 0 aliphatic rings. The van der Waals surface area contributed by atoms with Crippen molar-refractivity contribution in [2.75, 3.05) is 13.3 Å². The lowest BCUT2D eigenvalue weighted by Gasteiger charge is -2.17. The summed E-state index contributed by atoms with van der Waals surface area (Å²) in [6.45, 7) is 0.406. The van der Waals surface area contributed by atoms with Gasteiger partial charge in [0, 0.05) is 42.0 Å². The highest BCUT2D eigenvalue weighted by atomic mass is 32.2. The van der Waals surface area contributed by atoms with Crippen LogP contribution in [-0.4, -0.2) is 28.3 Å². The SMILES string of the molecule is CN(Cc1ccc(F)cc1)C(=O)c1cccc(CS(C)=O)c1. The Balaban J connectivity index is 2.09. The molecule has 2 aromatic rings. The molecule has 0 fully saturated rings. The van der Waals surface area contributed by atoms with Gasteiger partial charge in [0.2, 0.25) is 0 Å². The van der Waals surface area contributed by atoms with Gasteiger partial charge in [-0.1, -0.05) is 24.3 Å². The fraction of sp³-hybridized carbons (Fsp3) is 0.235. The van der Waals surface area contributed by atoms with E-state index >= 15 is 0 Å². The average Bonchev–Trinajstić information content (AvgIpc) is 2.48. The molecule has 0 aliphatic carbocycles. The topological polar surface area (TPSA) is 37.4 Å². The van der Waals surface area contributed by atoms with E-state index in [0.29, 0.717) is 17.9 Å². The molecule has 1 amide bonds. The number of carbonyl (C=O) groups excluding carboxylic acids is 1. The molecule has 1 unspecified atom stereocenters. The highest BCUT2D eigenvalue weighted by Crippen LogP contribution is 2.12. The zero-order valence-electron chi connectivity index (χ0n) is 12.6. The van der Waals surface area contributed by atoms with Crippen LogP contribution in [0.3, 0.4) is 0 Å². The molecule has 0 aromatic heterocycles. The molecule has 116 valence electrons. The summed E-state index contributed by atoms with van der Waals surface area (Å²) in [4.78, 5) is 14.0. The van der Waals surface area contributed by atoms with Gasteiger partial charge in [0.25, 0.3) is 5.91 Å². The number of carbonyl (C=O) groups is 1.